The van der Waals surface area contributed by atoms with Gasteiger partial charge >= 0.3 is 0 Å². The maximum absolute atomic E-state index is 12.7. The topological polar surface area (TPSA) is 52.7 Å². The van der Waals surface area contributed by atoms with Gasteiger partial charge in [0, 0.05) is 29.2 Å². The lowest BCUT2D eigenvalue weighted by Gasteiger charge is -2.38. The van der Waals surface area contributed by atoms with Crippen LogP contribution in [0.3, 0.4) is 0 Å². The summed E-state index contributed by atoms with van der Waals surface area (Å²) in [6, 6.07) is 17.4. The van der Waals surface area contributed by atoms with Crippen molar-refractivity contribution in [1.82, 2.24) is 9.80 Å². The molecular formula is C23H28BrN3O2. The second-order valence-electron chi connectivity index (χ2n) is 7.39. The smallest absolute Gasteiger partial charge is 0.253 e. The van der Waals surface area contributed by atoms with E-state index in [0.717, 1.165) is 54.6 Å². The Morgan fingerprint density at radius 1 is 1.07 bits per heavy atom. The van der Waals surface area contributed by atoms with E-state index in [-0.39, 0.29) is 11.8 Å². The summed E-state index contributed by atoms with van der Waals surface area (Å²) in [7, 11) is 0. The molecule has 0 saturated carbocycles. The minimum absolute atomic E-state index is 0.00635. The Labute approximate surface area is 181 Å². The van der Waals surface area contributed by atoms with Gasteiger partial charge < -0.3 is 10.2 Å². The SMILES string of the molecule is CCCN(CC(=O)Nc1ccccc1Br)C1CCN(C(=O)c2ccccc2)CC1. The molecule has 1 N–H and O–H groups in total. The molecule has 1 aliphatic rings. The van der Waals surface area contributed by atoms with Gasteiger partial charge in [0.15, 0.2) is 0 Å². The summed E-state index contributed by atoms with van der Waals surface area (Å²) in [5, 5.41) is 2.99. The van der Waals surface area contributed by atoms with Crippen molar-refractivity contribution in [2.24, 2.45) is 0 Å². The van der Waals surface area contributed by atoms with Gasteiger partial charge in [-0.3, -0.25) is 14.5 Å². The zero-order chi connectivity index (χ0) is 20.6. The van der Waals surface area contributed by atoms with Crippen molar-refractivity contribution in [3.8, 4) is 0 Å². The molecule has 29 heavy (non-hydrogen) atoms. The van der Waals surface area contributed by atoms with Crippen LogP contribution in [0.1, 0.15) is 36.5 Å². The van der Waals surface area contributed by atoms with E-state index in [0.29, 0.717) is 12.6 Å². The molecule has 0 aliphatic carbocycles. The minimum Gasteiger partial charge on any atom is -0.339 e. The second-order valence-corrected chi connectivity index (χ2v) is 8.24. The van der Waals surface area contributed by atoms with Crippen LogP contribution in [0.2, 0.25) is 0 Å². The quantitative estimate of drug-likeness (QED) is 0.669. The van der Waals surface area contributed by atoms with Crippen LogP contribution in [0.25, 0.3) is 0 Å². The number of carbonyl (C=O) groups excluding carboxylic acids is 2. The lowest BCUT2D eigenvalue weighted by molar-refractivity contribution is -0.118. The van der Waals surface area contributed by atoms with Crippen LogP contribution >= 0.6 is 15.9 Å². The van der Waals surface area contributed by atoms with Crippen molar-refractivity contribution in [1.29, 1.82) is 0 Å². The number of para-hydroxylation sites is 1. The monoisotopic (exact) mass is 457 g/mol. The first-order chi connectivity index (χ1) is 14.1. The van der Waals surface area contributed by atoms with E-state index in [9.17, 15) is 9.59 Å². The fourth-order valence-electron chi connectivity index (χ4n) is 3.81. The Morgan fingerprint density at radius 3 is 2.38 bits per heavy atom. The van der Waals surface area contributed by atoms with E-state index >= 15 is 0 Å². The normalized spacial score (nSPS) is 14.8. The third-order valence-electron chi connectivity index (χ3n) is 5.29. The van der Waals surface area contributed by atoms with Gasteiger partial charge in [-0.1, -0.05) is 37.3 Å². The Hall–Kier alpha value is -2.18. The van der Waals surface area contributed by atoms with E-state index in [1.165, 1.54) is 0 Å². The number of nitrogens with one attached hydrogen (secondary N) is 1. The number of amides is 2. The number of hydrogen-bond acceptors (Lipinski definition) is 3. The van der Waals surface area contributed by atoms with Crippen molar-refractivity contribution >= 4 is 33.4 Å². The highest BCUT2D eigenvalue weighted by molar-refractivity contribution is 9.10. The van der Waals surface area contributed by atoms with E-state index in [4.69, 9.17) is 0 Å². The Morgan fingerprint density at radius 2 is 1.72 bits per heavy atom. The van der Waals surface area contributed by atoms with Crippen LogP contribution in [-0.4, -0.2) is 53.8 Å². The summed E-state index contributed by atoms with van der Waals surface area (Å²) >= 11 is 3.47. The van der Waals surface area contributed by atoms with Crippen molar-refractivity contribution in [2.45, 2.75) is 32.2 Å². The highest BCUT2D eigenvalue weighted by Gasteiger charge is 2.28. The molecule has 0 unspecified atom stereocenters. The number of likely N-dealkylation sites (tertiary alicyclic amines) is 1. The largest absolute Gasteiger partial charge is 0.339 e. The van der Waals surface area contributed by atoms with Crippen molar-refractivity contribution < 1.29 is 9.59 Å². The molecular weight excluding hydrogens is 430 g/mol. The van der Waals surface area contributed by atoms with Crippen LogP contribution in [-0.2, 0) is 4.79 Å². The summed E-state index contributed by atoms with van der Waals surface area (Å²) in [4.78, 5) is 29.5. The molecule has 0 atom stereocenters. The molecule has 1 saturated heterocycles. The predicted molar refractivity (Wildman–Crippen MR) is 120 cm³/mol. The summed E-state index contributed by atoms with van der Waals surface area (Å²) in [5.74, 6) is 0.0888. The number of benzene rings is 2. The first kappa shape index (κ1) is 21.5. The van der Waals surface area contributed by atoms with Crippen LogP contribution < -0.4 is 5.32 Å². The molecule has 0 spiro atoms. The highest BCUT2D eigenvalue weighted by atomic mass is 79.9. The molecule has 2 amide bonds. The van der Waals surface area contributed by atoms with E-state index in [1.54, 1.807) is 0 Å². The summed E-state index contributed by atoms with van der Waals surface area (Å²) in [5.41, 5.74) is 1.53. The maximum Gasteiger partial charge on any atom is 0.253 e. The zero-order valence-corrected chi connectivity index (χ0v) is 18.4. The maximum atomic E-state index is 12.7. The molecule has 2 aromatic rings. The summed E-state index contributed by atoms with van der Waals surface area (Å²) < 4.78 is 0.878. The molecule has 1 aliphatic heterocycles. The number of piperidine rings is 1. The van der Waals surface area contributed by atoms with E-state index in [1.807, 2.05) is 59.5 Å². The van der Waals surface area contributed by atoms with Crippen molar-refractivity contribution in [3.63, 3.8) is 0 Å². The summed E-state index contributed by atoms with van der Waals surface area (Å²) in [6.45, 7) is 4.83. The number of anilines is 1. The molecule has 0 bridgehead atoms. The summed E-state index contributed by atoms with van der Waals surface area (Å²) in [6.07, 6.45) is 2.77. The van der Waals surface area contributed by atoms with Crippen LogP contribution in [0.4, 0.5) is 5.69 Å². The van der Waals surface area contributed by atoms with Gasteiger partial charge in [0.2, 0.25) is 5.91 Å². The first-order valence-corrected chi connectivity index (χ1v) is 11.0. The fraction of sp³-hybridized carbons (Fsp3) is 0.391. The predicted octanol–water partition coefficient (Wildman–Crippen LogP) is 4.40. The average molecular weight is 458 g/mol. The molecule has 5 nitrogen and oxygen atoms in total. The van der Waals surface area contributed by atoms with Crippen LogP contribution in [0.5, 0.6) is 0 Å². The standard InChI is InChI=1S/C23H28BrN3O2/c1-2-14-27(17-22(28)25-21-11-7-6-10-20(21)24)19-12-15-26(16-13-19)23(29)18-8-4-3-5-9-18/h3-11,19H,2,12-17H2,1H3,(H,25,28). The lowest BCUT2D eigenvalue weighted by Crippen LogP contribution is -2.49. The van der Waals surface area contributed by atoms with Crippen molar-refractivity contribution in [2.75, 3.05) is 31.5 Å². The van der Waals surface area contributed by atoms with E-state index < -0.39 is 0 Å². The van der Waals surface area contributed by atoms with Gasteiger partial charge in [-0.2, -0.15) is 0 Å². The average Bonchev–Trinajstić information content (AvgIpc) is 2.75. The van der Waals surface area contributed by atoms with Gasteiger partial charge in [0.05, 0.1) is 12.2 Å². The highest BCUT2D eigenvalue weighted by Crippen LogP contribution is 2.22. The number of hydrogen-bond donors (Lipinski definition) is 1. The minimum atomic E-state index is -0.00635. The third kappa shape index (κ3) is 5.90. The molecule has 2 aromatic carbocycles. The first-order valence-electron chi connectivity index (χ1n) is 10.2. The van der Waals surface area contributed by atoms with Gasteiger partial charge in [-0.05, 0) is 66.0 Å². The molecule has 154 valence electrons. The van der Waals surface area contributed by atoms with Gasteiger partial charge in [0.1, 0.15) is 0 Å². The molecule has 6 heteroatoms. The van der Waals surface area contributed by atoms with E-state index in [2.05, 4.69) is 33.1 Å². The van der Waals surface area contributed by atoms with Crippen LogP contribution in [0, 0.1) is 0 Å². The lowest BCUT2D eigenvalue weighted by atomic mass is 10.0. The molecule has 1 heterocycles. The molecule has 1 fully saturated rings. The zero-order valence-electron chi connectivity index (χ0n) is 16.8. The number of carbonyl (C=O) groups is 2. The van der Waals surface area contributed by atoms with Crippen molar-refractivity contribution in [3.05, 3.63) is 64.6 Å². The molecule has 3 rings (SSSR count). The number of rotatable bonds is 7. The van der Waals surface area contributed by atoms with Crippen LogP contribution in [0.15, 0.2) is 59.1 Å². The Balaban J connectivity index is 1.55. The van der Waals surface area contributed by atoms with Gasteiger partial charge in [-0.25, -0.2) is 0 Å². The molecule has 0 radical (unpaired) electrons. The van der Waals surface area contributed by atoms with Gasteiger partial charge in [-0.15, -0.1) is 0 Å². The Bertz CT molecular complexity index is 820. The fourth-order valence-corrected chi connectivity index (χ4v) is 4.20. The number of nitrogens with zero attached hydrogens (tertiary/aromatic N) is 2. The Kier molecular flexibility index (Phi) is 7.83. The molecule has 0 aromatic heterocycles. The number of halogens is 1. The second kappa shape index (κ2) is 10.6. The van der Waals surface area contributed by atoms with Gasteiger partial charge in [0.25, 0.3) is 5.91 Å². The third-order valence-corrected chi connectivity index (χ3v) is 5.99.